The van der Waals surface area contributed by atoms with Crippen LogP contribution in [-0.2, 0) is 32.7 Å². The molecule has 0 heterocycles. The first-order valence-electron chi connectivity index (χ1n) is 21.3. The maximum Gasteiger partial charge on any atom is 0.472 e. The summed E-state index contributed by atoms with van der Waals surface area (Å²) in [5, 5.41) is 20.0. The summed E-state index contributed by atoms with van der Waals surface area (Å²) in [4.78, 5) is 33.8. The Balaban J connectivity index is 0. The van der Waals surface area contributed by atoms with Crippen LogP contribution in [0.1, 0.15) is 194 Å². The largest absolute Gasteiger partial charge is 0.472 e. The molecule has 0 radical (unpaired) electrons. The molecule has 0 fully saturated rings. The fraction of sp³-hybridized carbons (Fsp3) is 0.857. The van der Waals surface area contributed by atoms with Crippen LogP contribution in [0.4, 0.5) is 0 Å². The summed E-state index contributed by atoms with van der Waals surface area (Å²) in [7, 11) is -4.60. The lowest BCUT2D eigenvalue weighted by Crippen LogP contribution is -2.25. The molecule has 12 heteroatoms. The molecule has 0 aliphatic heterocycles. The molecule has 0 aliphatic rings. The molecule has 0 spiro atoms. The number of aliphatic hydroxyl groups is 2. The minimum Gasteiger partial charge on any atom is -0.463 e. The van der Waals surface area contributed by atoms with Gasteiger partial charge in [-0.3, -0.25) is 18.6 Å². The van der Waals surface area contributed by atoms with Crippen LogP contribution in [-0.4, -0.2) is 65.7 Å². The van der Waals surface area contributed by atoms with Crippen LogP contribution in [0.15, 0.2) is 24.3 Å². The van der Waals surface area contributed by atoms with Gasteiger partial charge in [-0.2, -0.15) is 0 Å². The van der Waals surface area contributed by atoms with Crippen LogP contribution < -0.4 is 6.15 Å². The third-order valence-corrected chi connectivity index (χ3v) is 9.97. The molecule has 2 atom stereocenters. The summed E-state index contributed by atoms with van der Waals surface area (Å²) >= 11 is 0. The van der Waals surface area contributed by atoms with Crippen molar-refractivity contribution >= 4 is 19.8 Å². The number of aliphatic hydroxyl groups excluding tert-OH is 2. The van der Waals surface area contributed by atoms with Gasteiger partial charge in [-0.25, -0.2) is 4.57 Å². The predicted octanol–water partition coefficient (Wildman–Crippen LogP) is 11.2. The Kier molecular flexibility index (Phi) is 41.4. The smallest absolute Gasteiger partial charge is 0.463 e. The van der Waals surface area contributed by atoms with Crippen molar-refractivity contribution in [1.82, 2.24) is 6.15 Å². The van der Waals surface area contributed by atoms with Crippen molar-refractivity contribution in [2.75, 3.05) is 26.4 Å². The maximum absolute atomic E-state index is 12.1. The van der Waals surface area contributed by atoms with E-state index < -0.39 is 45.2 Å². The van der Waals surface area contributed by atoms with E-state index in [1.807, 2.05) is 0 Å². The van der Waals surface area contributed by atoms with E-state index >= 15 is 0 Å². The zero-order valence-electron chi connectivity index (χ0n) is 34.4. The highest BCUT2D eigenvalue weighted by Gasteiger charge is 2.25. The molecular formula is C42H82NO10P. The molecular weight excluding hydrogens is 709 g/mol. The maximum atomic E-state index is 12.1. The van der Waals surface area contributed by atoms with Crippen molar-refractivity contribution in [2.45, 2.75) is 206 Å². The minimum atomic E-state index is -4.60. The van der Waals surface area contributed by atoms with Gasteiger partial charge >= 0.3 is 19.8 Å². The number of phosphoric ester groups is 1. The quantitative estimate of drug-likeness (QED) is 0.0200. The van der Waals surface area contributed by atoms with Crippen molar-refractivity contribution in [3.8, 4) is 0 Å². The van der Waals surface area contributed by atoms with Crippen LogP contribution in [0, 0.1) is 0 Å². The van der Waals surface area contributed by atoms with E-state index in [0.717, 1.165) is 64.2 Å². The molecule has 54 heavy (non-hydrogen) atoms. The standard InChI is InChI=1S/C42H79O10P.H3N/c1-3-5-7-9-11-13-15-17-19-21-23-25-27-29-31-33-41(45)49-35-39(43)37-51-53(47,48)52-38-40(44)36-50-42(46)34-32-30-28-26-24-22-20-18-16-14-12-10-8-6-4-2;/h17-20,39-40,43-44H,3-16,21-38H2,1-2H3,(H,47,48);1H3/b19-17+,20-18+;. The van der Waals surface area contributed by atoms with Crippen molar-refractivity contribution in [3.05, 3.63) is 24.3 Å². The number of hydrogen-bond acceptors (Lipinski definition) is 10. The molecule has 0 saturated heterocycles. The monoisotopic (exact) mass is 792 g/mol. The molecule has 0 rings (SSSR count). The third-order valence-electron chi connectivity index (χ3n) is 9.02. The highest BCUT2D eigenvalue weighted by Crippen LogP contribution is 2.43. The van der Waals surface area contributed by atoms with E-state index in [1.54, 1.807) is 0 Å². The number of ether oxygens (including phenoxy) is 2. The number of esters is 2. The number of phosphoric acid groups is 1. The minimum absolute atomic E-state index is 0. The number of carbonyl (C=O) groups excluding carboxylic acids is 2. The highest BCUT2D eigenvalue weighted by molar-refractivity contribution is 7.47. The van der Waals surface area contributed by atoms with Crippen LogP contribution >= 0.6 is 7.82 Å². The second-order valence-corrected chi connectivity index (χ2v) is 15.9. The first-order valence-corrected chi connectivity index (χ1v) is 22.8. The van der Waals surface area contributed by atoms with Gasteiger partial charge in [0.05, 0.1) is 13.2 Å². The molecule has 0 bridgehead atoms. The van der Waals surface area contributed by atoms with Crippen molar-refractivity contribution in [3.63, 3.8) is 0 Å². The first kappa shape index (κ1) is 54.5. The highest BCUT2D eigenvalue weighted by atomic mass is 31.2. The molecule has 0 aromatic heterocycles. The molecule has 6 N–H and O–H groups in total. The summed E-state index contributed by atoms with van der Waals surface area (Å²) in [6.45, 7) is 2.52. The topological polar surface area (TPSA) is 184 Å². The number of hydrogen-bond donors (Lipinski definition) is 4. The van der Waals surface area contributed by atoms with E-state index in [0.29, 0.717) is 12.8 Å². The Morgan fingerprint density at radius 2 is 0.759 bits per heavy atom. The van der Waals surface area contributed by atoms with E-state index in [1.165, 1.54) is 89.9 Å². The van der Waals surface area contributed by atoms with Gasteiger partial charge in [-0.15, -0.1) is 0 Å². The lowest BCUT2D eigenvalue weighted by Gasteiger charge is -2.17. The van der Waals surface area contributed by atoms with Crippen LogP contribution in [0.2, 0.25) is 0 Å². The zero-order chi connectivity index (χ0) is 39.1. The summed E-state index contributed by atoms with van der Waals surface area (Å²) in [6, 6.07) is 0. The Hall–Kier alpha value is -1.59. The Morgan fingerprint density at radius 1 is 0.481 bits per heavy atom. The Bertz CT molecular complexity index is 878. The van der Waals surface area contributed by atoms with Crippen molar-refractivity contribution < 1.29 is 47.8 Å². The van der Waals surface area contributed by atoms with E-state index in [2.05, 4.69) is 38.2 Å². The zero-order valence-corrected chi connectivity index (χ0v) is 35.3. The van der Waals surface area contributed by atoms with Gasteiger partial charge < -0.3 is 30.7 Å². The molecule has 0 aliphatic carbocycles. The van der Waals surface area contributed by atoms with Crippen molar-refractivity contribution in [1.29, 1.82) is 0 Å². The van der Waals surface area contributed by atoms with Crippen LogP contribution in [0.25, 0.3) is 0 Å². The van der Waals surface area contributed by atoms with Gasteiger partial charge in [0.1, 0.15) is 25.4 Å². The molecule has 320 valence electrons. The molecule has 0 saturated carbocycles. The summed E-state index contributed by atoms with van der Waals surface area (Å²) in [5.74, 6) is -0.889. The van der Waals surface area contributed by atoms with Gasteiger partial charge in [-0.05, 0) is 64.2 Å². The summed E-state index contributed by atoms with van der Waals surface area (Å²) in [6.07, 6.45) is 37.3. The SMILES string of the molecule is CCCCCCCC/C=C/CCCCCCCC(=O)OCC(O)COP(=O)(O)OCC(O)COC(=O)CCCCCCC/C=C/CCCCCCCC.N. The fourth-order valence-corrected chi connectivity index (χ4v) is 6.49. The van der Waals surface area contributed by atoms with Gasteiger partial charge in [-0.1, -0.05) is 141 Å². The van der Waals surface area contributed by atoms with Crippen molar-refractivity contribution in [2.24, 2.45) is 0 Å². The molecule has 0 amide bonds. The average Bonchev–Trinajstić information content (AvgIpc) is 3.14. The fourth-order valence-electron chi connectivity index (χ4n) is 5.70. The Morgan fingerprint density at radius 3 is 1.07 bits per heavy atom. The van der Waals surface area contributed by atoms with E-state index in [4.69, 9.17) is 18.5 Å². The number of allylic oxidation sites excluding steroid dienone is 4. The lowest BCUT2D eigenvalue weighted by atomic mass is 10.1. The average molecular weight is 792 g/mol. The predicted molar refractivity (Wildman–Crippen MR) is 220 cm³/mol. The normalized spacial score (nSPS) is 13.9. The van der Waals surface area contributed by atoms with Gasteiger partial charge in [0.25, 0.3) is 0 Å². The second kappa shape index (κ2) is 41.1. The van der Waals surface area contributed by atoms with Gasteiger partial charge in [0.2, 0.25) is 0 Å². The third kappa shape index (κ3) is 41.6. The second-order valence-electron chi connectivity index (χ2n) is 14.4. The summed E-state index contributed by atoms with van der Waals surface area (Å²) in [5.41, 5.74) is 0. The van der Waals surface area contributed by atoms with Crippen LogP contribution in [0.5, 0.6) is 0 Å². The van der Waals surface area contributed by atoms with Gasteiger partial charge in [0.15, 0.2) is 0 Å². The summed E-state index contributed by atoms with van der Waals surface area (Å²) < 4.78 is 31.7. The number of rotatable bonds is 40. The first-order chi connectivity index (χ1) is 25.7. The Labute approximate surface area is 329 Å². The lowest BCUT2D eigenvalue weighted by molar-refractivity contribution is -0.147. The molecule has 2 unspecified atom stereocenters. The van der Waals surface area contributed by atoms with Crippen LogP contribution in [0.3, 0.4) is 0 Å². The van der Waals surface area contributed by atoms with E-state index in [9.17, 15) is 29.3 Å². The number of carbonyl (C=O) groups is 2. The van der Waals surface area contributed by atoms with Gasteiger partial charge in [0, 0.05) is 12.8 Å². The molecule has 0 aromatic rings. The molecule has 0 aromatic carbocycles. The number of unbranched alkanes of at least 4 members (excludes halogenated alkanes) is 22. The van der Waals surface area contributed by atoms with E-state index in [-0.39, 0.29) is 32.2 Å². The molecule has 11 nitrogen and oxygen atoms in total.